The van der Waals surface area contributed by atoms with Gasteiger partial charge in [-0.1, -0.05) is 28.9 Å². The highest BCUT2D eigenvalue weighted by molar-refractivity contribution is 5.90. The number of aliphatic hydroxyl groups excluding tert-OH is 1. The molecule has 0 aliphatic rings. The molecule has 0 radical (unpaired) electrons. The Morgan fingerprint density at radius 1 is 0.944 bits per heavy atom. The first-order chi connectivity index (χ1) is 8.45. The van der Waals surface area contributed by atoms with Crippen LogP contribution in [0.5, 0.6) is 0 Å². The van der Waals surface area contributed by atoms with E-state index in [4.69, 9.17) is 5.11 Å². The topological polar surface area (TPSA) is 37.3 Å². The third kappa shape index (κ3) is 10.0. The van der Waals surface area contributed by atoms with Crippen LogP contribution >= 0.6 is 0 Å². The Morgan fingerprint density at radius 2 is 1.56 bits per heavy atom. The molecule has 0 saturated carbocycles. The molecule has 0 unspecified atom stereocenters. The average Bonchev–Trinajstić information content (AvgIpc) is 2.26. The van der Waals surface area contributed by atoms with Crippen molar-refractivity contribution in [3.05, 3.63) is 34.9 Å². The minimum Gasteiger partial charge on any atom is -0.392 e. The molecule has 0 aromatic rings. The van der Waals surface area contributed by atoms with E-state index in [1.165, 1.54) is 11.1 Å². The van der Waals surface area contributed by atoms with Crippen molar-refractivity contribution in [2.75, 3.05) is 6.61 Å². The van der Waals surface area contributed by atoms with Gasteiger partial charge in [-0.05, 0) is 53.0 Å². The van der Waals surface area contributed by atoms with E-state index >= 15 is 0 Å². The maximum Gasteiger partial charge on any atom is 0.155 e. The smallest absolute Gasteiger partial charge is 0.155 e. The van der Waals surface area contributed by atoms with Gasteiger partial charge in [0, 0.05) is 6.42 Å². The first-order valence-electron chi connectivity index (χ1n) is 6.55. The summed E-state index contributed by atoms with van der Waals surface area (Å²) in [5, 5.41) is 8.73. The van der Waals surface area contributed by atoms with Gasteiger partial charge in [0.1, 0.15) is 0 Å². The van der Waals surface area contributed by atoms with Gasteiger partial charge in [-0.2, -0.15) is 0 Å². The fourth-order valence-corrected chi connectivity index (χ4v) is 1.62. The first kappa shape index (κ1) is 16.9. The summed E-state index contributed by atoms with van der Waals surface area (Å²) in [4.78, 5) is 11.5. The number of carbonyl (C=O) groups is 1. The van der Waals surface area contributed by atoms with E-state index in [0.717, 1.165) is 24.8 Å². The van der Waals surface area contributed by atoms with E-state index in [1.807, 2.05) is 26.8 Å². The number of allylic oxidation sites excluding steroid dienone is 5. The van der Waals surface area contributed by atoms with Gasteiger partial charge >= 0.3 is 0 Å². The zero-order valence-electron chi connectivity index (χ0n) is 12.1. The molecular formula is C16H26O2. The Labute approximate surface area is 111 Å². The Hall–Kier alpha value is -1.15. The van der Waals surface area contributed by atoms with E-state index < -0.39 is 0 Å². The Morgan fingerprint density at radius 3 is 2.11 bits per heavy atom. The molecule has 0 spiro atoms. The first-order valence-corrected chi connectivity index (χ1v) is 6.55. The molecule has 0 rings (SSSR count). The summed E-state index contributed by atoms with van der Waals surface area (Å²) in [6.07, 6.45) is 9.11. The average molecular weight is 250 g/mol. The molecule has 0 aromatic carbocycles. The maximum absolute atomic E-state index is 11.5. The van der Waals surface area contributed by atoms with Gasteiger partial charge in [0.05, 0.1) is 6.61 Å². The second-order valence-electron chi connectivity index (χ2n) is 5.01. The van der Waals surface area contributed by atoms with Gasteiger partial charge in [0.15, 0.2) is 5.78 Å². The zero-order valence-corrected chi connectivity index (χ0v) is 12.1. The Balaban J connectivity index is 3.95. The minimum atomic E-state index is 0.117. The molecule has 0 amide bonds. The van der Waals surface area contributed by atoms with Crippen LogP contribution in [0.1, 0.15) is 53.4 Å². The molecule has 2 nitrogen and oxygen atoms in total. The number of hydrogen-bond acceptors (Lipinski definition) is 2. The summed E-state index contributed by atoms with van der Waals surface area (Å²) in [6.45, 7) is 8.10. The van der Waals surface area contributed by atoms with Crippen molar-refractivity contribution in [3.8, 4) is 0 Å². The summed E-state index contributed by atoms with van der Waals surface area (Å²) in [7, 11) is 0. The molecule has 0 heterocycles. The molecule has 0 aliphatic heterocycles. The highest BCUT2D eigenvalue weighted by Crippen LogP contribution is 2.10. The van der Waals surface area contributed by atoms with E-state index in [-0.39, 0.29) is 12.4 Å². The van der Waals surface area contributed by atoms with Gasteiger partial charge in [-0.15, -0.1) is 0 Å². The van der Waals surface area contributed by atoms with Crippen LogP contribution in [0.2, 0.25) is 0 Å². The Kier molecular flexibility index (Phi) is 9.21. The number of aliphatic hydroxyl groups is 1. The van der Waals surface area contributed by atoms with Crippen LogP contribution in [-0.4, -0.2) is 17.5 Å². The maximum atomic E-state index is 11.5. The molecule has 2 heteroatoms. The molecule has 0 saturated heterocycles. The molecule has 102 valence electrons. The predicted molar refractivity (Wildman–Crippen MR) is 77.5 cm³/mol. The summed E-state index contributed by atoms with van der Waals surface area (Å²) < 4.78 is 0. The monoisotopic (exact) mass is 250 g/mol. The van der Waals surface area contributed by atoms with Gasteiger partial charge in [0.25, 0.3) is 0 Å². The van der Waals surface area contributed by atoms with Crippen molar-refractivity contribution in [3.63, 3.8) is 0 Å². The molecule has 0 fully saturated rings. The van der Waals surface area contributed by atoms with Crippen molar-refractivity contribution in [1.29, 1.82) is 0 Å². The van der Waals surface area contributed by atoms with Gasteiger partial charge in [-0.3, -0.25) is 4.79 Å². The minimum absolute atomic E-state index is 0.117. The SMILES string of the molecule is CC(C)=CC(=O)CCC(C)=CCCC(C)=CCO. The molecule has 0 aromatic heterocycles. The lowest BCUT2D eigenvalue weighted by Crippen LogP contribution is -1.94. The quantitative estimate of drug-likeness (QED) is 0.523. The van der Waals surface area contributed by atoms with Crippen LogP contribution < -0.4 is 0 Å². The Bertz CT molecular complexity index is 342. The predicted octanol–water partition coefficient (Wildman–Crippen LogP) is 3.97. The van der Waals surface area contributed by atoms with Crippen molar-refractivity contribution in [1.82, 2.24) is 0 Å². The zero-order chi connectivity index (χ0) is 14.0. The fourth-order valence-electron chi connectivity index (χ4n) is 1.62. The summed E-state index contributed by atoms with van der Waals surface area (Å²) in [5.41, 5.74) is 3.54. The van der Waals surface area contributed by atoms with Crippen LogP contribution in [0.3, 0.4) is 0 Å². The third-order valence-corrected chi connectivity index (χ3v) is 2.69. The molecule has 18 heavy (non-hydrogen) atoms. The molecule has 0 aliphatic carbocycles. The van der Waals surface area contributed by atoms with Crippen LogP contribution in [-0.2, 0) is 4.79 Å². The number of hydrogen-bond donors (Lipinski definition) is 1. The lowest BCUT2D eigenvalue weighted by atomic mass is 10.0. The van der Waals surface area contributed by atoms with Gasteiger partial charge in [-0.25, -0.2) is 0 Å². The van der Waals surface area contributed by atoms with Crippen molar-refractivity contribution in [2.45, 2.75) is 53.4 Å². The van der Waals surface area contributed by atoms with Crippen molar-refractivity contribution >= 4 is 5.78 Å². The van der Waals surface area contributed by atoms with Crippen LogP contribution in [0.15, 0.2) is 34.9 Å². The van der Waals surface area contributed by atoms with E-state index in [0.29, 0.717) is 6.42 Å². The number of ketones is 1. The number of carbonyl (C=O) groups excluding carboxylic acids is 1. The standard InChI is InChI=1S/C16H26O2/c1-13(2)12-16(18)9-8-14(3)6-5-7-15(4)10-11-17/h6,10,12,17H,5,7-9,11H2,1-4H3. The molecule has 0 bridgehead atoms. The summed E-state index contributed by atoms with van der Waals surface area (Å²) in [5.74, 6) is 0.208. The van der Waals surface area contributed by atoms with Gasteiger partial charge < -0.3 is 5.11 Å². The van der Waals surface area contributed by atoms with Crippen LogP contribution in [0.25, 0.3) is 0 Å². The third-order valence-electron chi connectivity index (χ3n) is 2.69. The number of rotatable bonds is 8. The van der Waals surface area contributed by atoms with Crippen molar-refractivity contribution < 1.29 is 9.90 Å². The second-order valence-corrected chi connectivity index (χ2v) is 5.01. The lowest BCUT2D eigenvalue weighted by molar-refractivity contribution is -0.114. The van der Waals surface area contributed by atoms with E-state index in [2.05, 4.69) is 13.0 Å². The molecule has 0 atom stereocenters. The van der Waals surface area contributed by atoms with E-state index in [1.54, 1.807) is 6.08 Å². The molecule has 1 N–H and O–H groups in total. The van der Waals surface area contributed by atoms with Crippen LogP contribution in [0.4, 0.5) is 0 Å². The highest BCUT2D eigenvalue weighted by atomic mass is 16.2. The highest BCUT2D eigenvalue weighted by Gasteiger charge is 1.98. The van der Waals surface area contributed by atoms with Crippen LogP contribution in [0, 0.1) is 0 Å². The lowest BCUT2D eigenvalue weighted by Gasteiger charge is -2.01. The second kappa shape index (κ2) is 9.84. The van der Waals surface area contributed by atoms with Gasteiger partial charge in [0.2, 0.25) is 0 Å². The van der Waals surface area contributed by atoms with Crippen molar-refractivity contribution in [2.24, 2.45) is 0 Å². The summed E-state index contributed by atoms with van der Waals surface area (Å²) >= 11 is 0. The van der Waals surface area contributed by atoms with E-state index in [9.17, 15) is 4.79 Å². The fraction of sp³-hybridized carbons (Fsp3) is 0.562. The molecular weight excluding hydrogens is 224 g/mol. The largest absolute Gasteiger partial charge is 0.392 e. The normalized spacial score (nSPS) is 12.5. The summed E-state index contributed by atoms with van der Waals surface area (Å²) in [6, 6.07) is 0.